The van der Waals surface area contributed by atoms with E-state index >= 15 is 0 Å². The summed E-state index contributed by atoms with van der Waals surface area (Å²) in [4.78, 5) is 27.3. The lowest BCUT2D eigenvalue weighted by Gasteiger charge is -2.23. The molecule has 2 heterocycles. The molecule has 6 heteroatoms. The molecule has 1 fully saturated rings. The van der Waals surface area contributed by atoms with E-state index in [0.717, 1.165) is 5.56 Å². The lowest BCUT2D eigenvalue weighted by molar-refractivity contribution is -0.140. The van der Waals surface area contributed by atoms with Gasteiger partial charge in [-0.1, -0.05) is 42.5 Å². The Morgan fingerprint density at radius 2 is 1.73 bits per heavy atom. The number of hydrogen-bond acceptors (Lipinski definition) is 5. The first-order chi connectivity index (χ1) is 14.5. The number of amides is 1. The molecular formula is C24H21NO5. The van der Waals surface area contributed by atoms with Gasteiger partial charge < -0.3 is 19.2 Å². The van der Waals surface area contributed by atoms with Gasteiger partial charge in [0, 0.05) is 12.1 Å². The highest BCUT2D eigenvalue weighted by Crippen LogP contribution is 2.40. The van der Waals surface area contributed by atoms with Crippen LogP contribution in [0.1, 0.15) is 28.7 Å². The number of methoxy groups -OCH3 is 1. The third-order valence-electron chi connectivity index (χ3n) is 5.13. The molecule has 1 aliphatic rings. The summed E-state index contributed by atoms with van der Waals surface area (Å²) >= 11 is 0. The van der Waals surface area contributed by atoms with Gasteiger partial charge in [0.2, 0.25) is 0 Å². The summed E-state index contributed by atoms with van der Waals surface area (Å²) in [5.41, 5.74) is 1.31. The fourth-order valence-electron chi connectivity index (χ4n) is 3.62. The van der Waals surface area contributed by atoms with Crippen LogP contribution >= 0.6 is 0 Å². The van der Waals surface area contributed by atoms with E-state index in [9.17, 15) is 14.7 Å². The molecule has 1 N–H and O–H groups in total. The number of Topliss-reactive ketones (excluding diaryl/α,β-unsaturated/α-hetero) is 1. The van der Waals surface area contributed by atoms with E-state index < -0.39 is 17.7 Å². The first-order valence-electron chi connectivity index (χ1n) is 9.52. The molecule has 1 unspecified atom stereocenters. The molecule has 3 aromatic rings. The summed E-state index contributed by atoms with van der Waals surface area (Å²) in [6, 6.07) is 18.6. The summed E-state index contributed by atoms with van der Waals surface area (Å²) < 4.78 is 11.0. The summed E-state index contributed by atoms with van der Waals surface area (Å²) in [5.74, 6) is 0.150. The highest BCUT2D eigenvalue weighted by Gasteiger charge is 2.47. The number of nitrogens with zero attached hydrogens (tertiary/aromatic N) is 1. The zero-order valence-corrected chi connectivity index (χ0v) is 16.7. The lowest BCUT2D eigenvalue weighted by atomic mass is 9.99. The van der Waals surface area contributed by atoms with E-state index in [-0.39, 0.29) is 17.9 Å². The summed E-state index contributed by atoms with van der Waals surface area (Å²) in [5, 5.41) is 10.9. The molecule has 1 aliphatic heterocycles. The van der Waals surface area contributed by atoms with Gasteiger partial charge in [0.25, 0.3) is 11.7 Å². The van der Waals surface area contributed by atoms with Crippen molar-refractivity contribution in [1.29, 1.82) is 0 Å². The molecule has 0 aliphatic carbocycles. The number of aliphatic hydroxyl groups excluding tert-OH is 1. The van der Waals surface area contributed by atoms with Crippen LogP contribution in [0.15, 0.2) is 76.7 Å². The zero-order valence-electron chi connectivity index (χ0n) is 16.7. The monoisotopic (exact) mass is 403 g/mol. The Kier molecular flexibility index (Phi) is 5.14. The molecule has 0 bridgehead atoms. The summed E-state index contributed by atoms with van der Waals surface area (Å²) in [7, 11) is 1.58. The van der Waals surface area contributed by atoms with E-state index in [1.807, 2.05) is 18.2 Å². The Hall–Kier alpha value is -3.80. The second-order valence-electron chi connectivity index (χ2n) is 7.09. The van der Waals surface area contributed by atoms with E-state index in [2.05, 4.69) is 0 Å². The summed E-state index contributed by atoms with van der Waals surface area (Å²) in [6.45, 7) is 1.97. The minimum absolute atomic E-state index is 0.0223. The number of aryl methyl sites for hydroxylation is 1. The quantitative estimate of drug-likeness (QED) is 0.392. The largest absolute Gasteiger partial charge is 0.507 e. The van der Waals surface area contributed by atoms with Crippen molar-refractivity contribution in [2.75, 3.05) is 7.11 Å². The lowest BCUT2D eigenvalue weighted by Crippen LogP contribution is -2.29. The van der Waals surface area contributed by atoms with E-state index in [1.54, 1.807) is 62.6 Å². The number of rotatable bonds is 5. The maximum Gasteiger partial charge on any atom is 0.296 e. The SMILES string of the molecule is COc1ccc(CN2C(=O)C(=O)/C(=C(\O)c3ccccc3)C2c2ccc(C)o2)cc1. The molecule has 2 aromatic carbocycles. The van der Waals surface area contributed by atoms with Gasteiger partial charge in [0.05, 0.1) is 12.7 Å². The topological polar surface area (TPSA) is 80.0 Å². The number of benzene rings is 2. The van der Waals surface area contributed by atoms with Gasteiger partial charge in [-0.05, 0) is 36.8 Å². The van der Waals surface area contributed by atoms with Crippen LogP contribution in [0.5, 0.6) is 5.75 Å². The number of aliphatic hydroxyl groups is 1. The van der Waals surface area contributed by atoms with Crippen molar-refractivity contribution in [3.05, 3.63) is 95.0 Å². The molecule has 1 aromatic heterocycles. The normalized spacial score (nSPS) is 18.1. The van der Waals surface area contributed by atoms with Gasteiger partial charge in [0.1, 0.15) is 29.1 Å². The van der Waals surface area contributed by atoms with Gasteiger partial charge >= 0.3 is 0 Å². The van der Waals surface area contributed by atoms with E-state index in [0.29, 0.717) is 22.8 Å². The standard InChI is InChI=1S/C24H21NO5/c1-15-8-13-19(30-15)21-20(22(26)17-6-4-3-5-7-17)23(27)24(28)25(21)14-16-9-11-18(29-2)12-10-16/h3-13,21,26H,14H2,1-2H3/b22-20-. The van der Waals surface area contributed by atoms with E-state index in [1.165, 1.54) is 4.90 Å². The third kappa shape index (κ3) is 3.48. The highest BCUT2D eigenvalue weighted by molar-refractivity contribution is 6.46. The molecule has 4 rings (SSSR count). The van der Waals surface area contributed by atoms with Crippen molar-refractivity contribution in [2.45, 2.75) is 19.5 Å². The molecule has 1 atom stereocenters. The molecule has 0 radical (unpaired) electrons. The Balaban J connectivity index is 1.80. The van der Waals surface area contributed by atoms with Crippen LogP contribution in [0.3, 0.4) is 0 Å². The zero-order chi connectivity index (χ0) is 21.3. The van der Waals surface area contributed by atoms with Crippen LogP contribution in [0.4, 0.5) is 0 Å². The first kappa shape index (κ1) is 19.5. The van der Waals surface area contributed by atoms with Gasteiger partial charge in [-0.3, -0.25) is 9.59 Å². The van der Waals surface area contributed by atoms with Gasteiger partial charge in [-0.25, -0.2) is 0 Å². The number of ketones is 1. The Bertz CT molecular complexity index is 1110. The number of ether oxygens (including phenoxy) is 1. The number of carbonyl (C=O) groups is 2. The maximum atomic E-state index is 12.9. The molecule has 6 nitrogen and oxygen atoms in total. The molecule has 1 saturated heterocycles. The average molecular weight is 403 g/mol. The number of furan rings is 1. The number of likely N-dealkylation sites (tertiary alicyclic amines) is 1. The molecular weight excluding hydrogens is 382 g/mol. The van der Waals surface area contributed by atoms with Crippen LogP contribution in [0, 0.1) is 6.92 Å². The maximum absolute atomic E-state index is 12.9. The van der Waals surface area contributed by atoms with Crippen LogP contribution in [0.25, 0.3) is 5.76 Å². The fourth-order valence-corrected chi connectivity index (χ4v) is 3.62. The fraction of sp³-hybridized carbons (Fsp3) is 0.167. The van der Waals surface area contributed by atoms with Crippen molar-refractivity contribution >= 4 is 17.4 Å². The van der Waals surface area contributed by atoms with Gasteiger partial charge in [-0.2, -0.15) is 0 Å². The van der Waals surface area contributed by atoms with Gasteiger partial charge in [-0.15, -0.1) is 0 Å². The molecule has 0 saturated carbocycles. The molecule has 30 heavy (non-hydrogen) atoms. The molecule has 0 spiro atoms. The Labute approximate surface area is 174 Å². The van der Waals surface area contributed by atoms with Crippen LogP contribution < -0.4 is 4.74 Å². The van der Waals surface area contributed by atoms with Crippen molar-refractivity contribution in [1.82, 2.24) is 4.90 Å². The predicted octanol–water partition coefficient (Wildman–Crippen LogP) is 4.22. The summed E-state index contributed by atoms with van der Waals surface area (Å²) in [6.07, 6.45) is 0. The Morgan fingerprint density at radius 1 is 1.03 bits per heavy atom. The average Bonchev–Trinajstić information content (AvgIpc) is 3.30. The van der Waals surface area contributed by atoms with E-state index in [4.69, 9.17) is 9.15 Å². The minimum atomic E-state index is -0.819. The second-order valence-corrected chi connectivity index (χ2v) is 7.09. The van der Waals surface area contributed by atoms with Crippen LogP contribution in [-0.4, -0.2) is 28.8 Å². The first-order valence-corrected chi connectivity index (χ1v) is 9.52. The molecule has 1 amide bonds. The number of hydrogen-bond donors (Lipinski definition) is 1. The minimum Gasteiger partial charge on any atom is -0.507 e. The van der Waals surface area contributed by atoms with Gasteiger partial charge in [0.15, 0.2) is 0 Å². The van der Waals surface area contributed by atoms with Crippen molar-refractivity contribution < 1.29 is 23.8 Å². The predicted molar refractivity (Wildman–Crippen MR) is 111 cm³/mol. The highest BCUT2D eigenvalue weighted by atomic mass is 16.5. The smallest absolute Gasteiger partial charge is 0.296 e. The second kappa shape index (κ2) is 7.91. The Morgan fingerprint density at radius 3 is 2.33 bits per heavy atom. The van der Waals surface area contributed by atoms with Crippen LogP contribution in [-0.2, 0) is 16.1 Å². The number of carbonyl (C=O) groups excluding carboxylic acids is 2. The van der Waals surface area contributed by atoms with Crippen molar-refractivity contribution in [2.24, 2.45) is 0 Å². The third-order valence-corrected chi connectivity index (χ3v) is 5.13. The van der Waals surface area contributed by atoms with Crippen molar-refractivity contribution in [3.8, 4) is 5.75 Å². The van der Waals surface area contributed by atoms with Crippen molar-refractivity contribution in [3.63, 3.8) is 0 Å². The molecule has 152 valence electrons. The van der Waals surface area contributed by atoms with Crippen LogP contribution in [0.2, 0.25) is 0 Å².